The first kappa shape index (κ1) is 24.7. The van der Waals surface area contributed by atoms with Crippen LogP contribution in [0.4, 0.5) is 0 Å². The summed E-state index contributed by atoms with van der Waals surface area (Å²) in [5, 5.41) is 9.52. The summed E-state index contributed by atoms with van der Waals surface area (Å²) in [5.74, 6) is 0.846. The van der Waals surface area contributed by atoms with Gasteiger partial charge in [-0.25, -0.2) is 15.0 Å². The Morgan fingerprint density at radius 3 is 2.67 bits per heavy atom. The molecule has 162 valence electrons. The van der Waals surface area contributed by atoms with E-state index in [1.54, 1.807) is 29.8 Å². The number of rotatable bonds is 8. The third kappa shape index (κ3) is 6.73. The van der Waals surface area contributed by atoms with Gasteiger partial charge in [0.1, 0.15) is 16.1 Å². The van der Waals surface area contributed by atoms with Gasteiger partial charge in [0.25, 0.3) is 0 Å². The molecule has 0 radical (unpaired) electrons. The number of nitrogens with one attached hydrogen (secondary N) is 1. The summed E-state index contributed by atoms with van der Waals surface area (Å²) in [6, 6.07) is 10.2. The molecule has 1 N–H and O–H groups in total. The second-order valence-electron chi connectivity index (χ2n) is 6.57. The molecule has 0 spiro atoms. The van der Waals surface area contributed by atoms with Gasteiger partial charge in [-0.2, -0.15) is 0 Å². The number of guanidine groups is 1. The molecule has 0 saturated carbocycles. The smallest absolute Gasteiger partial charge is 0.194 e. The molecule has 0 aliphatic carbocycles. The molecule has 1 aromatic carbocycles. The van der Waals surface area contributed by atoms with Crippen molar-refractivity contribution < 1.29 is 4.74 Å². The van der Waals surface area contributed by atoms with Crippen LogP contribution in [0, 0.1) is 0 Å². The molecule has 2 heterocycles. The number of halogens is 1. The third-order valence-electron chi connectivity index (χ3n) is 4.35. The average molecular weight is 558 g/mol. The summed E-state index contributed by atoms with van der Waals surface area (Å²) in [4.78, 5) is 16.3. The van der Waals surface area contributed by atoms with Gasteiger partial charge in [-0.15, -0.1) is 46.7 Å². The Bertz CT molecular complexity index is 928. The normalized spacial score (nSPS) is 12.3. The summed E-state index contributed by atoms with van der Waals surface area (Å²) < 4.78 is 5.35. The first-order chi connectivity index (χ1) is 14.1. The van der Waals surface area contributed by atoms with Crippen molar-refractivity contribution in [2.24, 2.45) is 4.99 Å². The summed E-state index contributed by atoms with van der Waals surface area (Å²) >= 11 is 3.27. The maximum atomic E-state index is 5.35. The standard InChI is InChI=1S/C21H27N5OS2.HI/c1-5-22-21(26(3)12-17-13-29-20(24-17)15(2)27-4)23-11-19-25-18(14-28-19)16-9-7-6-8-10-16;/h6-10,13-15H,5,11-12H2,1-4H3,(H,22,23);1H. The molecule has 0 aliphatic rings. The summed E-state index contributed by atoms with van der Waals surface area (Å²) in [5.41, 5.74) is 3.15. The first-order valence-electron chi connectivity index (χ1n) is 9.57. The molecule has 0 bridgehead atoms. The van der Waals surface area contributed by atoms with E-state index in [-0.39, 0.29) is 30.1 Å². The van der Waals surface area contributed by atoms with Crippen LogP contribution in [0.2, 0.25) is 0 Å². The van der Waals surface area contributed by atoms with E-state index in [0.29, 0.717) is 13.1 Å². The molecule has 1 unspecified atom stereocenters. The SMILES string of the molecule is CCNC(=NCc1nc(-c2ccccc2)cs1)N(C)Cc1csc(C(C)OC)n1.I. The number of ether oxygens (including phenoxy) is 1. The van der Waals surface area contributed by atoms with Crippen molar-refractivity contribution in [2.45, 2.75) is 33.0 Å². The van der Waals surface area contributed by atoms with Gasteiger partial charge in [-0.05, 0) is 13.8 Å². The highest BCUT2D eigenvalue weighted by atomic mass is 127. The van der Waals surface area contributed by atoms with Crippen molar-refractivity contribution in [1.29, 1.82) is 0 Å². The van der Waals surface area contributed by atoms with Crippen LogP contribution in [0.3, 0.4) is 0 Å². The lowest BCUT2D eigenvalue weighted by molar-refractivity contribution is 0.119. The molecule has 2 aromatic heterocycles. The topological polar surface area (TPSA) is 62.6 Å². The minimum Gasteiger partial charge on any atom is -0.375 e. The highest BCUT2D eigenvalue weighted by molar-refractivity contribution is 14.0. The van der Waals surface area contributed by atoms with E-state index >= 15 is 0 Å². The van der Waals surface area contributed by atoms with Crippen molar-refractivity contribution >= 4 is 52.6 Å². The fourth-order valence-corrected chi connectivity index (χ4v) is 4.31. The molecular formula is C21H28IN5OS2. The van der Waals surface area contributed by atoms with Crippen LogP contribution in [-0.2, 0) is 17.8 Å². The molecule has 3 rings (SSSR count). The van der Waals surface area contributed by atoms with Crippen LogP contribution < -0.4 is 5.32 Å². The maximum absolute atomic E-state index is 5.35. The van der Waals surface area contributed by atoms with Crippen LogP contribution in [0.15, 0.2) is 46.1 Å². The second kappa shape index (κ2) is 12.3. The lowest BCUT2D eigenvalue weighted by Gasteiger charge is -2.21. The van der Waals surface area contributed by atoms with Crippen molar-refractivity contribution in [3.05, 3.63) is 56.8 Å². The second-order valence-corrected chi connectivity index (χ2v) is 8.41. The fraction of sp³-hybridized carbons (Fsp3) is 0.381. The lowest BCUT2D eigenvalue weighted by Crippen LogP contribution is -2.38. The number of nitrogens with zero attached hydrogens (tertiary/aromatic N) is 4. The molecule has 3 aromatic rings. The van der Waals surface area contributed by atoms with Crippen LogP contribution in [0.1, 0.15) is 35.7 Å². The van der Waals surface area contributed by atoms with E-state index in [0.717, 1.165) is 39.5 Å². The maximum Gasteiger partial charge on any atom is 0.194 e. The van der Waals surface area contributed by atoms with Crippen molar-refractivity contribution in [2.75, 3.05) is 20.7 Å². The predicted molar refractivity (Wildman–Crippen MR) is 137 cm³/mol. The fourth-order valence-electron chi connectivity index (χ4n) is 2.74. The van der Waals surface area contributed by atoms with Crippen LogP contribution in [0.5, 0.6) is 0 Å². The van der Waals surface area contributed by atoms with Gasteiger partial charge in [0.2, 0.25) is 0 Å². The van der Waals surface area contributed by atoms with Crippen LogP contribution >= 0.6 is 46.7 Å². The molecule has 9 heteroatoms. The number of hydrogen-bond donors (Lipinski definition) is 1. The van der Waals surface area contributed by atoms with Crippen molar-refractivity contribution in [1.82, 2.24) is 20.2 Å². The van der Waals surface area contributed by atoms with E-state index < -0.39 is 0 Å². The Balaban J connectivity index is 0.00000320. The summed E-state index contributed by atoms with van der Waals surface area (Å²) in [6.07, 6.45) is 0.0182. The van der Waals surface area contributed by atoms with E-state index in [1.807, 2.05) is 32.2 Å². The van der Waals surface area contributed by atoms with E-state index in [4.69, 9.17) is 14.7 Å². The molecule has 30 heavy (non-hydrogen) atoms. The van der Waals surface area contributed by atoms with E-state index in [9.17, 15) is 0 Å². The largest absolute Gasteiger partial charge is 0.375 e. The number of aromatic nitrogens is 2. The van der Waals surface area contributed by atoms with E-state index in [2.05, 4.69) is 45.0 Å². The van der Waals surface area contributed by atoms with Crippen molar-refractivity contribution in [3.63, 3.8) is 0 Å². The molecule has 6 nitrogen and oxygen atoms in total. The highest BCUT2D eigenvalue weighted by Crippen LogP contribution is 2.22. The van der Waals surface area contributed by atoms with Gasteiger partial charge in [0, 0.05) is 37.0 Å². The highest BCUT2D eigenvalue weighted by Gasteiger charge is 2.13. The molecule has 0 amide bonds. The zero-order valence-electron chi connectivity index (χ0n) is 17.7. The van der Waals surface area contributed by atoms with E-state index in [1.165, 1.54) is 0 Å². The van der Waals surface area contributed by atoms with Gasteiger partial charge < -0.3 is 15.0 Å². The number of methoxy groups -OCH3 is 1. The summed E-state index contributed by atoms with van der Waals surface area (Å²) in [7, 11) is 3.73. The lowest BCUT2D eigenvalue weighted by atomic mass is 10.2. The molecular weight excluding hydrogens is 529 g/mol. The van der Waals surface area contributed by atoms with Gasteiger partial charge in [-0.3, -0.25) is 0 Å². The first-order valence-corrected chi connectivity index (χ1v) is 11.3. The number of thiazole rings is 2. The number of benzene rings is 1. The Hall–Kier alpha value is -1.56. The van der Waals surface area contributed by atoms with Crippen LogP contribution in [0.25, 0.3) is 11.3 Å². The Labute approximate surface area is 203 Å². The Morgan fingerprint density at radius 1 is 1.20 bits per heavy atom. The van der Waals surface area contributed by atoms with Gasteiger partial charge in [0.15, 0.2) is 5.96 Å². The predicted octanol–water partition coefficient (Wildman–Crippen LogP) is 5.19. The zero-order chi connectivity index (χ0) is 20.6. The molecule has 1 atom stereocenters. The number of aliphatic imine (C=N–C) groups is 1. The number of hydrogen-bond acceptors (Lipinski definition) is 6. The Kier molecular flexibility index (Phi) is 10.2. The zero-order valence-corrected chi connectivity index (χ0v) is 21.6. The molecule has 0 aliphatic heterocycles. The monoisotopic (exact) mass is 557 g/mol. The van der Waals surface area contributed by atoms with Gasteiger partial charge in [0.05, 0.1) is 24.5 Å². The average Bonchev–Trinajstić information content (AvgIpc) is 3.41. The summed E-state index contributed by atoms with van der Waals surface area (Å²) in [6.45, 7) is 6.12. The molecule has 0 saturated heterocycles. The quantitative estimate of drug-likeness (QED) is 0.235. The Morgan fingerprint density at radius 2 is 1.97 bits per heavy atom. The van der Waals surface area contributed by atoms with Crippen LogP contribution in [-0.4, -0.2) is 41.5 Å². The molecule has 0 fully saturated rings. The van der Waals surface area contributed by atoms with Gasteiger partial charge >= 0.3 is 0 Å². The minimum atomic E-state index is 0. The van der Waals surface area contributed by atoms with Crippen molar-refractivity contribution in [3.8, 4) is 11.3 Å². The third-order valence-corrected chi connectivity index (χ3v) is 6.24. The minimum absolute atomic E-state index is 0. The van der Waals surface area contributed by atoms with Gasteiger partial charge in [-0.1, -0.05) is 30.3 Å².